The van der Waals surface area contributed by atoms with Gasteiger partial charge in [0.15, 0.2) is 5.65 Å². The van der Waals surface area contributed by atoms with E-state index in [0.717, 1.165) is 61.3 Å². The minimum atomic E-state index is 0.849. The van der Waals surface area contributed by atoms with E-state index in [9.17, 15) is 0 Å². The van der Waals surface area contributed by atoms with E-state index in [1.165, 1.54) is 0 Å². The number of piperazine rings is 1. The summed E-state index contributed by atoms with van der Waals surface area (Å²) in [5.74, 6) is 2.76. The van der Waals surface area contributed by atoms with Crippen molar-refractivity contribution in [1.29, 1.82) is 0 Å². The Labute approximate surface area is 152 Å². The van der Waals surface area contributed by atoms with Crippen LogP contribution in [0.3, 0.4) is 0 Å². The predicted molar refractivity (Wildman–Crippen MR) is 100 cm³/mol. The Kier molecular flexibility index (Phi) is 4.62. The molecule has 0 aliphatic carbocycles. The first-order valence-electron chi connectivity index (χ1n) is 8.75. The van der Waals surface area contributed by atoms with Gasteiger partial charge in [0, 0.05) is 50.7 Å². The van der Waals surface area contributed by atoms with Crippen molar-refractivity contribution in [3.05, 3.63) is 48.3 Å². The quantitative estimate of drug-likeness (QED) is 0.700. The van der Waals surface area contributed by atoms with Crippen LogP contribution in [0.5, 0.6) is 11.5 Å². The molecule has 0 saturated carbocycles. The van der Waals surface area contributed by atoms with Crippen LogP contribution in [-0.4, -0.2) is 59.9 Å². The Morgan fingerprint density at radius 2 is 1.85 bits per heavy atom. The second-order valence-corrected chi connectivity index (χ2v) is 6.36. The molecule has 7 heteroatoms. The highest BCUT2D eigenvalue weighted by atomic mass is 16.5. The Morgan fingerprint density at radius 3 is 2.62 bits per heavy atom. The van der Waals surface area contributed by atoms with Gasteiger partial charge in [0.05, 0.1) is 14.2 Å². The summed E-state index contributed by atoms with van der Waals surface area (Å²) in [5.41, 5.74) is 2.02. The van der Waals surface area contributed by atoms with Crippen LogP contribution < -0.4 is 14.4 Å². The van der Waals surface area contributed by atoms with Crippen molar-refractivity contribution in [1.82, 2.24) is 19.5 Å². The topological polar surface area (TPSA) is 55.1 Å². The Balaban J connectivity index is 1.42. The lowest BCUT2D eigenvalue weighted by Gasteiger charge is -2.35. The molecule has 1 aliphatic rings. The molecule has 0 bridgehead atoms. The van der Waals surface area contributed by atoms with Gasteiger partial charge < -0.3 is 14.4 Å². The lowest BCUT2D eigenvalue weighted by molar-refractivity contribution is 0.245. The molecule has 1 saturated heterocycles. The van der Waals surface area contributed by atoms with E-state index in [1.54, 1.807) is 20.4 Å². The number of benzene rings is 1. The third kappa shape index (κ3) is 3.30. The van der Waals surface area contributed by atoms with E-state index in [2.05, 4.69) is 25.9 Å². The van der Waals surface area contributed by atoms with E-state index >= 15 is 0 Å². The summed E-state index contributed by atoms with van der Waals surface area (Å²) in [4.78, 5) is 9.00. The standard InChI is InChI=1S/C19H23N5O2/c1-25-16-3-4-17(26-2)15(13-16)14-22-9-11-23(12-10-22)19-6-5-18-20-7-8-24(18)21-19/h3-8,13H,9-12,14H2,1-2H3. The van der Waals surface area contributed by atoms with Crippen LogP contribution in [0.2, 0.25) is 0 Å². The van der Waals surface area contributed by atoms with E-state index in [-0.39, 0.29) is 0 Å². The largest absolute Gasteiger partial charge is 0.497 e. The lowest BCUT2D eigenvalue weighted by atomic mass is 10.1. The SMILES string of the molecule is COc1ccc(OC)c(CN2CCN(c3ccc4nccn4n3)CC2)c1. The molecule has 4 rings (SSSR count). The zero-order chi connectivity index (χ0) is 17.9. The van der Waals surface area contributed by atoms with Gasteiger partial charge in [-0.15, -0.1) is 5.10 Å². The Morgan fingerprint density at radius 1 is 1.00 bits per heavy atom. The molecule has 3 aromatic rings. The van der Waals surface area contributed by atoms with Crippen LogP contribution in [-0.2, 0) is 6.54 Å². The van der Waals surface area contributed by atoms with Crippen LogP contribution in [0, 0.1) is 0 Å². The van der Waals surface area contributed by atoms with Crippen molar-refractivity contribution < 1.29 is 9.47 Å². The van der Waals surface area contributed by atoms with Crippen molar-refractivity contribution in [3.63, 3.8) is 0 Å². The molecule has 136 valence electrons. The lowest BCUT2D eigenvalue weighted by Crippen LogP contribution is -2.46. The molecule has 0 spiro atoms. The number of fused-ring (bicyclic) bond motifs is 1. The number of rotatable bonds is 5. The maximum atomic E-state index is 5.50. The van der Waals surface area contributed by atoms with Crippen LogP contribution in [0.25, 0.3) is 5.65 Å². The fourth-order valence-corrected chi connectivity index (χ4v) is 3.36. The van der Waals surface area contributed by atoms with Gasteiger partial charge in [0.1, 0.15) is 17.3 Å². The fraction of sp³-hybridized carbons (Fsp3) is 0.368. The second kappa shape index (κ2) is 7.21. The first-order chi connectivity index (χ1) is 12.8. The minimum absolute atomic E-state index is 0.849. The molecule has 1 aliphatic heterocycles. The van der Waals surface area contributed by atoms with E-state index in [1.807, 2.05) is 35.0 Å². The van der Waals surface area contributed by atoms with E-state index in [0.29, 0.717) is 0 Å². The average molecular weight is 353 g/mol. The van der Waals surface area contributed by atoms with Gasteiger partial charge >= 0.3 is 0 Å². The van der Waals surface area contributed by atoms with Crippen LogP contribution in [0.15, 0.2) is 42.7 Å². The van der Waals surface area contributed by atoms with Crippen molar-refractivity contribution >= 4 is 11.5 Å². The number of anilines is 1. The number of hydrogen-bond acceptors (Lipinski definition) is 6. The minimum Gasteiger partial charge on any atom is -0.497 e. The molecule has 1 fully saturated rings. The summed E-state index contributed by atoms with van der Waals surface area (Å²) in [7, 11) is 3.40. The molecule has 0 amide bonds. The van der Waals surface area contributed by atoms with Crippen molar-refractivity contribution in [3.8, 4) is 11.5 Å². The highest BCUT2D eigenvalue weighted by Gasteiger charge is 2.20. The van der Waals surface area contributed by atoms with Gasteiger partial charge in [-0.2, -0.15) is 0 Å². The fourth-order valence-electron chi connectivity index (χ4n) is 3.36. The number of ether oxygens (including phenoxy) is 2. The summed E-state index contributed by atoms with van der Waals surface area (Å²) in [6.07, 6.45) is 3.65. The van der Waals surface area contributed by atoms with Crippen molar-refractivity contribution in [2.45, 2.75) is 6.54 Å². The van der Waals surface area contributed by atoms with Crippen LogP contribution in [0.4, 0.5) is 5.82 Å². The summed E-state index contributed by atoms with van der Waals surface area (Å²) in [6, 6.07) is 10.0. The van der Waals surface area contributed by atoms with Gasteiger partial charge in [-0.05, 0) is 30.3 Å². The highest BCUT2D eigenvalue weighted by molar-refractivity contribution is 5.46. The molecular weight excluding hydrogens is 330 g/mol. The Hall–Kier alpha value is -2.80. The maximum absolute atomic E-state index is 5.50. The molecular formula is C19H23N5O2. The van der Waals surface area contributed by atoms with Gasteiger partial charge in [0.2, 0.25) is 0 Å². The number of nitrogens with zero attached hydrogens (tertiary/aromatic N) is 5. The predicted octanol–water partition coefficient (Wildman–Crippen LogP) is 2.07. The van der Waals surface area contributed by atoms with Crippen molar-refractivity contribution in [2.75, 3.05) is 45.3 Å². The molecule has 0 radical (unpaired) electrons. The van der Waals surface area contributed by atoms with Gasteiger partial charge in [-0.1, -0.05) is 0 Å². The monoisotopic (exact) mass is 353 g/mol. The smallest absolute Gasteiger partial charge is 0.153 e. The molecule has 7 nitrogen and oxygen atoms in total. The van der Waals surface area contributed by atoms with E-state index in [4.69, 9.17) is 9.47 Å². The zero-order valence-corrected chi connectivity index (χ0v) is 15.1. The van der Waals surface area contributed by atoms with Gasteiger partial charge in [0.25, 0.3) is 0 Å². The molecule has 0 N–H and O–H groups in total. The number of hydrogen-bond donors (Lipinski definition) is 0. The molecule has 3 heterocycles. The highest BCUT2D eigenvalue weighted by Crippen LogP contribution is 2.26. The normalized spacial score (nSPS) is 15.4. The first kappa shape index (κ1) is 16.7. The molecule has 0 atom stereocenters. The summed E-state index contributed by atoms with van der Waals surface area (Å²) in [5, 5.41) is 4.64. The zero-order valence-electron chi connectivity index (χ0n) is 15.1. The Bertz CT molecular complexity index is 887. The van der Waals surface area contributed by atoms with Crippen LogP contribution in [0.1, 0.15) is 5.56 Å². The molecule has 1 aromatic carbocycles. The number of aromatic nitrogens is 3. The molecule has 26 heavy (non-hydrogen) atoms. The van der Waals surface area contributed by atoms with Crippen molar-refractivity contribution in [2.24, 2.45) is 0 Å². The first-order valence-corrected chi connectivity index (χ1v) is 8.75. The summed E-state index contributed by atoms with van der Waals surface area (Å²) >= 11 is 0. The van der Waals surface area contributed by atoms with Gasteiger partial charge in [-0.3, -0.25) is 4.90 Å². The summed E-state index contributed by atoms with van der Waals surface area (Å²) in [6.45, 7) is 4.69. The second-order valence-electron chi connectivity index (χ2n) is 6.36. The maximum Gasteiger partial charge on any atom is 0.153 e. The summed E-state index contributed by atoms with van der Waals surface area (Å²) < 4.78 is 12.7. The average Bonchev–Trinajstić information content (AvgIpc) is 3.16. The third-order valence-electron chi connectivity index (χ3n) is 4.82. The number of methoxy groups -OCH3 is 2. The molecule has 2 aromatic heterocycles. The third-order valence-corrected chi connectivity index (χ3v) is 4.82. The van der Waals surface area contributed by atoms with Gasteiger partial charge in [-0.25, -0.2) is 9.50 Å². The van der Waals surface area contributed by atoms with Crippen LogP contribution >= 0.6 is 0 Å². The van der Waals surface area contributed by atoms with E-state index < -0.39 is 0 Å². The number of imidazole rings is 1. The molecule has 0 unspecified atom stereocenters.